The molecule has 0 unspecified atom stereocenters. The van der Waals surface area contributed by atoms with Crippen molar-refractivity contribution in [2.24, 2.45) is 0 Å². The van der Waals surface area contributed by atoms with E-state index in [1.807, 2.05) is 62.4 Å². The molecule has 4 heteroatoms. The second kappa shape index (κ2) is 8.32. The van der Waals surface area contributed by atoms with Crippen molar-refractivity contribution in [2.45, 2.75) is 20.4 Å². The Balaban J connectivity index is 1.68. The quantitative estimate of drug-likeness (QED) is 0.706. The van der Waals surface area contributed by atoms with E-state index in [1.165, 1.54) is 0 Å². The molecule has 136 valence electrons. The lowest BCUT2D eigenvalue weighted by atomic mass is 10.1. The summed E-state index contributed by atoms with van der Waals surface area (Å²) < 4.78 is 0. The van der Waals surface area contributed by atoms with E-state index in [9.17, 15) is 9.59 Å². The van der Waals surface area contributed by atoms with Crippen LogP contribution in [0.4, 0.5) is 5.69 Å². The number of hydrogen-bond donors (Lipinski definition) is 2. The number of carbonyl (C=O) groups is 2. The first kappa shape index (κ1) is 18.4. The van der Waals surface area contributed by atoms with E-state index in [0.29, 0.717) is 17.7 Å². The highest BCUT2D eigenvalue weighted by Gasteiger charge is 2.11. The van der Waals surface area contributed by atoms with Gasteiger partial charge in [-0.3, -0.25) is 9.59 Å². The molecular formula is C23H22N2O2. The third-order valence-electron chi connectivity index (χ3n) is 4.36. The Morgan fingerprint density at radius 1 is 0.778 bits per heavy atom. The molecule has 0 radical (unpaired) electrons. The molecular weight excluding hydrogens is 336 g/mol. The van der Waals surface area contributed by atoms with Crippen LogP contribution in [0.3, 0.4) is 0 Å². The highest BCUT2D eigenvalue weighted by atomic mass is 16.2. The van der Waals surface area contributed by atoms with E-state index in [-0.39, 0.29) is 11.8 Å². The number of benzene rings is 3. The summed E-state index contributed by atoms with van der Waals surface area (Å²) in [6, 6.07) is 22.2. The molecule has 0 fully saturated rings. The van der Waals surface area contributed by atoms with Crippen LogP contribution in [0.2, 0.25) is 0 Å². The average molecular weight is 358 g/mol. The molecule has 0 saturated carbocycles. The van der Waals surface area contributed by atoms with Crippen molar-refractivity contribution < 1.29 is 9.59 Å². The predicted octanol–water partition coefficient (Wildman–Crippen LogP) is 4.49. The van der Waals surface area contributed by atoms with Crippen molar-refractivity contribution in [3.63, 3.8) is 0 Å². The fraction of sp³-hybridized carbons (Fsp3) is 0.130. The van der Waals surface area contributed by atoms with Gasteiger partial charge in [0.2, 0.25) is 0 Å². The van der Waals surface area contributed by atoms with Crippen LogP contribution in [0.5, 0.6) is 0 Å². The molecule has 0 aliphatic carbocycles. The number of amides is 2. The number of rotatable bonds is 5. The van der Waals surface area contributed by atoms with E-state index in [1.54, 1.807) is 24.3 Å². The van der Waals surface area contributed by atoms with Gasteiger partial charge in [0.25, 0.3) is 11.8 Å². The van der Waals surface area contributed by atoms with Crippen LogP contribution in [-0.4, -0.2) is 11.8 Å². The Hall–Kier alpha value is -3.40. The zero-order valence-corrected chi connectivity index (χ0v) is 15.5. The number of nitrogens with one attached hydrogen (secondary N) is 2. The van der Waals surface area contributed by atoms with Gasteiger partial charge in [-0.15, -0.1) is 0 Å². The average Bonchev–Trinajstić information content (AvgIpc) is 2.67. The second-order valence-electron chi connectivity index (χ2n) is 6.51. The Kier molecular flexibility index (Phi) is 5.67. The molecule has 3 aromatic carbocycles. The van der Waals surface area contributed by atoms with Crippen LogP contribution in [0.15, 0.2) is 72.8 Å². The fourth-order valence-electron chi connectivity index (χ4n) is 2.81. The molecule has 3 rings (SSSR count). The molecule has 27 heavy (non-hydrogen) atoms. The first-order valence-electron chi connectivity index (χ1n) is 8.84. The highest BCUT2D eigenvalue weighted by molar-refractivity contribution is 6.06. The lowest BCUT2D eigenvalue weighted by molar-refractivity contribution is 0.0951. The SMILES string of the molecule is Cc1cccc(NC(=O)c2cccc(C(=O)NCc3ccccc3C)c2)c1. The predicted molar refractivity (Wildman–Crippen MR) is 108 cm³/mol. The highest BCUT2D eigenvalue weighted by Crippen LogP contribution is 2.13. The maximum atomic E-state index is 12.5. The Labute approximate surface area is 159 Å². The van der Waals surface area contributed by atoms with E-state index in [2.05, 4.69) is 10.6 Å². The van der Waals surface area contributed by atoms with Crippen LogP contribution in [0, 0.1) is 13.8 Å². The largest absolute Gasteiger partial charge is 0.348 e. The third kappa shape index (κ3) is 4.82. The van der Waals surface area contributed by atoms with Gasteiger partial charge in [-0.2, -0.15) is 0 Å². The van der Waals surface area contributed by atoms with Gasteiger partial charge in [0.05, 0.1) is 0 Å². The zero-order valence-electron chi connectivity index (χ0n) is 15.5. The minimum atomic E-state index is -0.242. The van der Waals surface area contributed by atoms with Gasteiger partial charge in [0, 0.05) is 23.4 Å². The van der Waals surface area contributed by atoms with Gasteiger partial charge in [-0.1, -0.05) is 42.5 Å². The Morgan fingerprint density at radius 3 is 2.22 bits per heavy atom. The van der Waals surface area contributed by atoms with Crippen LogP contribution in [-0.2, 0) is 6.54 Å². The molecule has 3 aromatic rings. The lowest BCUT2D eigenvalue weighted by Crippen LogP contribution is -2.23. The first-order valence-corrected chi connectivity index (χ1v) is 8.84. The maximum absolute atomic E-state index is 12.5. The van der Waals surface area contributed by atoms with E-state index < -0.39 is 0 Å². The van der Waals surface area contributed by atoms with Crippen molar-refractivity contribution in [2.75, 3.05) is 5.32 Å². The summed E-state index contributed by atoms with van der Waals surface area (Å²) >= 11 is 0. The van der Waals surface area contributed by atoms with Crippen LogP contribution >= 0.6 is 0 Å². The van der Waals surface area contributed by atoms with Gasteiger partial charge in [-0.05, 0) is 60.9 Å². The molecule has 2 amide bonds. The van der Waals surface area contributed by atoms with Gasteiger partial charge in [-0.25, -0.2) is 0 Å². The Morgan fingerprint density at radius 2 is 1.48 bits per heavy atom. The molecule has 0 saturated heterocycles. The fourth-order valence-corrected chi connectivity index (χ4v) is 2.81. The molecule has 0 aliphatic rings. The van der Waals surface area contributed by atoms with Crippen molar-refractivity contribution >= 4 is 17.5 Å². The zero-order chi connectivity index (χ0) is 19.2. The molecule has 0 heterocycles. The number of aryl methyl sites for hydroxylation is 2. The van der Waals surface area contributed by atoms with Gasteiger partial charge in [0.1, 0.15) is 0 Å². The summed E-state index contributed by atoms with van der Waals surface area (Å²) in [6.45, 7) is 4.43. The molecule has 2 N–H and O–H groups in total. The minimum absolute atomic E-state index is 0.205. The smallest absolute Gasteiger partial charge is 0.255 e. The van der Waals surface area contributed by atoms with Crippen molar-refractivity contribution in [3.8, 4) is 0 Å². The Bertz CT molecular complexity index is 979. The topological polar surface area (TPSA) is 58.2 Å². The maximum Gasteiger partial charge on any atom is 0.255 e. The van der Waals surface area contributed by atoms with Gasteiger partial charge in [0.15, 0.2) is 0 Å². The minimum Gasteiger partial charge on any atom is -0.348 e. The molecule has 0 aromatic heterocycles. The monoisotopic (exact) mass is 358 g/mol. The van der Waals surface area contributed by atoms with Gasteiger partial charge < -0.3 is 10.6 Å². The molecule has 0 bridgehead atoms. The lowest BCUT2D eigenvalue weighted by Gasteiger charge is -2.10. The normalized spacial score (nSPS) is 10.3. The second-order valence-corrected chi connectivity index (χ2v) is 6.51. The van der Waals surface area contributed by atoms with Crippen molar-refractivity contribution in [3.05, 3.63) is 101 Å². The third-order valence-corrected chi connectivity index (χ3v) is 4.36. The number of carbonyl (C=O) groups excluding carboxylic acids is 2. The van der Waals surface area contributed by atoms with Crippen LogP contribution < -0.4 is 10.6 Å². The molecule has 0 aliphatic heterocycles. The van der Waals surface area contributed by atoms with E-state index >= 15 is 0 Å². The summed E-state index contributed by atoms with van der Waals surface area (Å²) in [4.78, 5) is 24.9. The summed E-state index contributed by atoms with van der Waals surface area (Å²) in [6.07, 6.45) is 0. The summed E-state index contributed by atoms with van der Waals surface area (Å²) in [7, 11) is 0. The summed E-state index contributed by atoms with van der Waals surface area (Å²) in [5, 5.41) is 5.77. The van der Waals surface area contributed by atoms with Gasteiger partial charge >= 0.3 is 0 Å². The summed E-state index contributed by atoms with van der Waals surface area (Å²) in [5.74, 6) is -0.447. The standard InChI is InChI=1S/C23H22N2O2/c1-16-7-5-12-21(13-16)25-23(27)19-11-6-10-18(14-19)22(26)24-15-20-9-4-3-8-17(20)2/h3-14H,15H2,1-2H3,(H,24,26)(H,25,27). The van der Waals surface area contributed by atoms with Crippen LogP contribution in [0.1, 0.15) is 37.4 Å². The first-order chi connectivity index (χ1) is 13.0. The van der Waals surface area contributed by atoms with Crippen LogP contribution in [0.25, 0.3) is 0 Å². The molecule has 0 atom stereocenters. The molecule has 4 nitrogen and oxygen atoms in total. The van der Waals surface area contributed by atoms with Crippen molar-refractivity contribution in [1.29, 1.82) is 0 Å². The number of anilines is 1. The van der Waals surface area contributed by atoms with E-state index in [4.69, 9.17) is 0 Å². The summed E-state index contributed by atoms with van der Waals surface area (Å²) in [5.41, 5.74) is 4.90. The van der Waals surface area contributed by atoms with Crippen molar-refractivity contribution in [1.82, 2.24) is 5.32 Å². The molecule has 0 spiro atoms. The van der Waals surface area contributed by atoms with E-state index in [0.717, 1.165) is 22.4 Å². The number of hydrogen-bond acceptors (Lipinski definition) is 2.